The van der Waals surface area contributed by atoms with E-state index in [4.69, 9.17) is 9.47 Å². The average molecular weight is 303 g/mol. The van der Waals surface area contributed by atoms with Gasteiger partial charge in [0.2, 0.25) is 5.95 Å². The van der Waals surface area contributed by atoms with Crippen LogP contribution in [0.5, 0.6) is 11.5 Å². The van der Waals surface area contributed by atoms with E-state index in [2.05, 4.69) is 39.7 Å². The van der Waals surface area contributed by atoms with Crippen molar-refractivity contribution in [1.82, 2.24) is 15.2 Å². The maximum absolute atomic E-state index is 5.32. The monoisotopic (exact) mass is 303 g/mol. The number of benzene rings is 1. The summed E-state index contributed by atoms with van der Waals surface area (Å²) in [5, 5.41) is 14.3. The summed E-state index contributed by atoms with van der Waals surface area (Å²) < 4.78 is 10.5. The van der Waals surface area contributed by atoms with Crippen LogP contribution in [0.1, 0.15) is 20.3 Å². The number of hydrogen-bond acceptors (Lipinski definition) is 7. The molecule has 22 heavy (non-hydrogen) atoms. The lowest BCUT2D eigenvalue weighted by atomic mass is 10.2. The van der Waals surface area contributed by atoms with Gasteiger partial charge in [-0.3, -0.25) is 0 Å². The van der Waals surface area contributed by atoms with Gasteiger partial charge in [-0.1, -0.05) is 6.92 Å². The Balaban J connectivity index is 2.21. The second kappa shape index (κ2) is 7.44. The molecule has 0 saturated carbocycles. The first-order chi connectivity index (χ1) is 10.7. The first kappa shape index (κ1) is 15.8. The van der Waals surface area contributed by atoms with Crippen molar-refractivity contribution in [3.63, 3.8) is 0 Å². The topological polar surface area (TPSA) is 81.2 Å². The third-order valence-corrected chi connectivity index (χ3v) is 3.22. The summed E-state index contributed by atoms with van der Waals surface area (Å²) in [6, 6.07) is 5.77. The molecule has 1 atom stereocenters. The Hall–Kier alpha value is -2.57. The third-order valence-electron chi connectivity index (χ3n) is 3.22. The maximum Gasteiger partial charge on any atom is 0.249 e. The fourth-order valence-electron chi connectivity index (χ4n) is 1.81. The van der Waals surface area contributed by atoms with Crippen molar-refractivity contribution in [3.8, 4) is 11.5 Å². The van der Waals surface area contributed by atoms with Crippen LogP contribution in [0.2, 0.25) is 0 Å². The van der Waals surface area contributed by atoms with Crippen LogP contribution < -0.4 is 20.1 Å². The highest BCUT2D eigenvalue weighted by Gasteiger charge is 2.08. The number of hydrogen-bond donors (Lipinski definition) is 2. The summed E-state index contributed by atoms with van der Waals surface area (Å²) in [5.74, 6) is 2.45. The van der Waals surface area contributed by atoms with Crippen LogP contribution in [0.4, 0.5) is 17.5 Å². The standard InChI is InChI=1S/C15H21N5O2/c1-5-10(2)17-14-9-16-20-15(19-14)18-12-8-11(21-3)6-7-13(12)22-4/h6-10H,5H2,1-4H3,(H2,17,18,19,20). The van der Waals surface area contributed by atoms with Crippen molar-refractivity contribution in [2.75, 3.05) is 24.9 Å². The van der Waals surface area contributed by atoms with Crippen LogP contribution in [0.3, 0.4) is 0 Å². The number of nitrogens with zero attached hydrogens (tertiary/aromatic N) is 3. The van der Waals surface area contributed by atoms with Gasteiger partial charge in [0.25, 0.3) is 0 Å². The van der Waals surface area contributed by atoms with Gasteiger partial charge in [-0.15, -0.1) is 5.10 Å². The normalized spacial score (nSPS) is 11.6. The number of ether oxygens (including phenoxy) is 2. The molecule has 7 heteroatoms. The van der Waals surface area contributed by atoms with Gasteiger partial charge in [0.1, 0.15) is 11.5 Å². The van der Waals surface area contributed by atoms with Gasteiger partial charge < -0.3 is 20.1 Å². The van der Waals surface area contributed by atoms with Gasteiger partial charge in [0.05, 0.1) is 26.1 Å². The highest BCUT2D eigenvalue weighted by molar-refractivity contribution is 5.65. The molecule has 1 unspecified atom stereocenters. The Bertz CT molecular complexity index is 621. The molecular formula is C15H21N5O2. The van der Waals surface area contributed by atoms with Crippen LogP contribution in [0.25, 0.3) is 0 Å². The van der Waals surface area contributed by atoms with E-state index in [-0.39, 0.29) is 0 Å². The summed E-state index contributed by atoms with van der Waals surface area (Å²) in [6.07, 6.45) is 2.59. The molecule has 7 nitrogen and oxygen atoms in total. The van der Waals surface area contributed by atoms with E-state index in [1.807, 2.05) is 18.2 Å². The minimum absolute atomic E-state index is 0.316. The van der Waals surface area contributed by atoms with Crippen molar-refractivity contribution in [2.24, 2.45) is 0 Å². The predicted molar refractivity (Wildman–Crippen MR) is 86.0 cm³/mol. The molecule has 0 spiro atoms. The average Bonchev–Trinajstić information content (AvgIpc) is 2.55. The fraction of sp³-hybridized carbons (Fsp3) is 0.400. The number of methoxy groups -OCH3 is 2. The van der Waals surface area contributed by atoms with Crippen LogP contribution >= 0.6 is 0 Å². The van der Waals surface area contributed by atoms with Crippen LogP contribution in [0.15, 0.2) is 24.4 Å². The molecule has 2 aromatic rings. The number of nitrogens with one attached hydrogen (secondary N) is 2. The van der Waals surface area contributed by atoms with Gasteiger partial charge >= 0.3 is 0 Å². The molecule has 0 amide bonds. The van der Waals surface area contributed by atoms with E-state index >= 15 is 0 Å². The van der Waals surface area contributed by atoms with Crippen LogP contribution in [-0.4, -0.2) is 35.4 Å². The molecule has 0 aliphatic carbocycles. The van der Waals surface area contributed by atoms with Crippen molar-refractivity contribution in [3.05, 3.63) is 24.4 Å². The Morgan fingerprint density at radius 3 is 2.73 bits per heavy atom. The van der Waals surface area contributed by atoms with Crippen molar-refractivity contribution < 1.29 is 9.47 Å². The van der Waals surface area contributed by atoms with Gasteiger partial charge in [0.15, 0.2) is 5.82 Å². The lowest BCUT2D eigenvalue weighted by molar-refractivity contribution is 0.405. The largest absolute Gasteiger partial charge is 0.497 e. The lowest BCUT2D eigenvalue weighted by Crippen LogP contribution is -2.15. The molecule has 2 N–H and O–H groups in total. The zero-order chi connectivity index (χ0) is 15.9. The molecule has 0 aliphatic rings. The fourth-order valence-corrected chi connectivity index (χ4v) is 1.81. The third kappa shape index (κ3) is 3.97. The minimum Gasteiger partial charge on any atom is -0.497 e. The highest BCUT2D eigenvalue weighted by Crippen LogP contribution is 2.30. The minimum atomic E-state index is 0.316. The van der Waals surface area contributed by atoms with E-state index in [0.717, 1.165) is 6.42 Å². The van der Waals surface area contributed by atoms with Gasteiger partial charge in [-0.05, 0) is 25.5 Å². The van der Waals surface area contributed by atoms with Crippen LogP contribution in [-0.2, 0) is 0 Å². The summed E-state index contributed by atoms with van der Waals surface area (Å²) >= 11 is 0. The molecule has 0 fully saturated rings. The molecule has 0 bridgehead atoms. The second-order valence-corrected chi connectivity index (χ2v) is 4.81. The zero-order valence-electron chi connectivity index (χ0n) is 13.3. The first-order valence-electron chi connectivity index (χ1n) is 7.11. The molecule has 2 rings (SSSR count). The van der Waals surface area contributed by atoms with E-state index in [1.54, 1.807) is 20.4 Å². The Kier molecular flexibility index (Phi) is 5.35. The van der Waals surface area contributed by atoms with Gasteiger partial charge in [0, 0.05) is 12.1 Å². The lowest BCUT2D eigenvalue weighted by Gasteiger charge is -2.13. The number of aromatic nitrogens is 3. The SMILES string of the molecule is CCC(C)Nc1cnnc(Nc2cc(OC)ccc2OC)n1. The second-order valence-electron chi connectivity index (χ2n) is 4.81. The predicted octanol–water partition coefficient (Wildman–Crippen LogP) is 2.84. The summed E-state index contributed by atoms with van der Waals surface area (Å²) in [6.45, 7) is 4.19. The Morgan fingerprint density at radius 1 is 1.23 bits per heavy atom. The van der Waals surface area contributed by atoms with Gasteiger partial charge in [-0.25, -0.2) is 0 Å². The molecule has 1 aromatic heterocycles. The van der Waals surface area contributed by atoms with E-state index in [9.17, 15) is 0 Å². The molecular weight excluding hydrogens is 282 g/mol. The van der Waals surface area contributed by atoms with E-state index in [1.165, 1.54) is 0 Å². The van der Waals surface area contributed by atoms with Crippen molar-refractivity contribution >= 4 is 17.5 Å². The van der Waals surface area contributed by atoms with E-state index < -0.39 is 0 Å². The Labute approximate surface area is 130 Å². The van der Waals surface area contributed by atoms with Gasteiger partial charge in [-0.2, -0.15) is 10.1 Å². The van der Waals surface area contributed by atoms with Crippen molar-refractivity contribution in [1.29, 1.82) is 0 Å². The summed E-state index contributed by atoms with van der Waals surface area (Å²) in [4.78, 5) is 4.39. The maximum atomic E-state index is 5.32. The molecule has 0 saturated heterocycles. The highest BCUT2D eigenvalue weighted by atomic mass is 16.5. The summed E-state index contributed by atoms with van der Waals surface area (Å²) in [5.41, 5.74) is 0.712. The molecule has 1 aromatic carbocycles. The summed E-state index contributed by atoms with van der Waals surface area (Å²) in [7, 11) is 3.22. The van der Waals surface area contributed by atoms with Crippen molar-refractivity contribution in [2.45, 2.75) is 26.3 Å². The smallest absolute Gasteiger partial charge is 0.249 e. The number of rotatable bonds is 7. The molecule has 1 heterocycles. The van der Waals surface area contributed by atoms with Crippen LogP contribution in [0, 0.1) is 0 Å². The number of anilines is 3. The zero-order valence-corrected chi connectivity index (χ0v) is 13.3. The quantitative estimate of drug-likeness (QED) is 0.814. The molecule has 118 valence electrons. The van der Waals surface area contributed by atoms with E-state index in [0.29, 0.717) is 35.0 Å². The molecule has 0 aliphatic heterocycles. The Morgan fingerprint density at radius 2 is 2.05 bits per heavy atom. The molecule has 0 radical (unpaired) electrons. The first-order valence-corrected chi connectivity index (χ1v) is 7.11.